The highest BCUT2D eigenvalue weighted by Crippen LogP contribution is 2.35. The van der Waals surface area contributed by atoms with E-state index in [1.807, 2.05) is 24.3 Å². The summed E-state index contributed by atoms with van der Waals surface area (Å²) >= 11 is 0. The van der Waals surface area contributed by atoms with Crippen LogP contribution in [0.15, 0.2) is 53.5 Å². The van der Waals surface area contributed by atoms with E-state index < -0.39 is 0 Å². The van der Waals surface area contributed by atoms with Gasteiger partial charge < -0.3 is 0 Å². The largest absolute Gasteiger partial charge is 0.255 e. The van der Waals surface area contributed by atoms with Gasteiger partial charge >= 0.3 is 0 Å². The van der Waals surface area contributed by atoms with Crippen LogP contribution in [0, 0.1) is 5.82 Å². The smallest absolute Gasteiger partial charge is 0.123 e. The van der Waals surface area contributed by atoms with Crippen LogP contribution in [0.4, 0.5) is 10.1 Å². The van der Waals surface area contributed by atoms with Gasteiger partial charge in [-0.05, 0) is 55.0 Å². The van der Waals surface area contributed by atoms with Gasteiger partial charge in [-0.25, -0.2) is 4.39 Å². The molecule has 2 aromatic carbocycles. The Morgan fingerprint density at radius 1 is 1.00 bits per heavy atom. The van der Waals surface area contributed by atoms with Gasteiger partial charge in [0.15, 0.2) is 0 Å². The maximum Gasteiger partial charge on any atom is 0.123 e. The topological polar surface area (TPSA) is 25.2 Å². The Labute approximate surface area is 134 Å². The first-order chi connectivity index (χ1) is 11.3. The number of pyridine rings is 1. The van der Waals surface area contributed by atoms with Gasteiger partial charge in [0, 0.05) is 17.3 Å². The summed E-state index contributed by atoms with van der Waals surface area (Å²) in [6.07, 6.45) is 6.15. The van der Waals surface area contributed by atoms with E-state index in [0.29, 0.717) is 0 Å². The van der Waals surface area contributed by atoms with Crippen LogP contribution in [-0.4, -0.2) is 11.2 Å². The van der Waals surface area contributed by atoms with E-state index >= 15 is 0 Å². The summed E-state index contributed by atoms with van der Waals surface area (Å²) in [5.41, 5.74) is 5.17. The van der Waals surface area contributed by atoms with E-state index in [4.69, 9.17) is 9.98 Å². The molecule has 0 unspecified atom stereocenters. The Balaban J connectivity index is 1.87. The summed E-state index contributed by atoms with van der Waals surface area (Å²) in [6.45, 7) is 0. The number of aryl methyl sites for hydroxylation is 1. The van der Waals surface area contributed by atoms with Crippen LogP contribution in [-0.2, 0) is 12.8 Å². The predicted octanol–water partition coefficient (Wildman–Crippen LogP) is 5.00. The number of para-hydroxylation sites is 1. The standard InChI is InChI=1S/C20H17FN2/c21-15-7-5-6-14(12-15)13-22-20-16-8-1-3-10-18(16)23-19-11-4-2-9-17(19)20/h1,3,5-8,10,12-13H,2,4,9,11H2. The number of aliphatic imine (C=N–C) groups is 1. The molecule has 0 atom stereocenters. The van der Waals surface area contributed by atoms with Crippen molar-refractivity contribution in [3.05, 3.63) is 71.2 Å². The number of nitrogens with zero attached hydrogens (tertiary/aromatic N) is 2. The first kappa shape index (κ1) is 14.1. The summed E-state index contributed by atoms with van der Waals surface area (Å²) in [4.78, 5) is 9.54. The first-order valence-electron chi connectivity index (χ1n) is 8.01. The Morgan fingerprint density at radius 2 is 1.87 bits per heavy atom. The van der Waals surface area contributed by atoms with E-state index in [1.54, 1.807) is 12.3 Å². The minimum atomic E-state index is -0.240. The second kappa shape index (κ2) is 5.92. The minimum absolute atomic E-state index is 0.240. The van der Waals surface area contributed by atoms with Crippen LogP contribution in [0.1, 0.15) is 29.7 Å². The predicted molar refractivity (Wildman–Crippen MR) is 92.0 cm³/mol. The first-order valence-corrected chi connectivity index (χ1v) is 8.01. The van der Waals surface area contributed by atoms with Crippen LogP contribution >= 0.6 is 0 Å². The third-order valence-corrected chi connectivity index (χ3v) is 4.33. The molecule has 1 aliphatic carbocycles. The lowest BCUT2D eigenvalue weighted by Gasteiger charge is -2.18. The molecule has 0 saturated carbocycles. The monoisotopic (exact) mass is 304 g/mol. The van der Waals surface area contributed by atoms with Gasteiger partial charge in [-0.15, -0.1) is 0 Å². The number of benzene rings is 2. The second-order valence-corrected chi connectivity index (χ2v) is 5.92. The molecule has 0 bridgehead atoms. The molecule has 1 heterocycles. The quantitative estimate of drug-likeness (QED) is 0.611. The Bertz CT molecular complexity index is 899. The third-order valence-electron chi connectivity index (χ3n) is 4.33. The van der Waals surface area contributed by atoms with Crippen LogP contribution in [0.25, 0.3) is 10.9 Å². The van der Waals surface area contributed by atoms with Crippen molar-refractivity contribution in [2.24, 2.45) is 4.99 Å². The number of halogens is 1. The number of fused-ring (bicyclic) bond motifs is 2. The van der Waals surface area contributed by atoms with Gasteiger partial charge in [-0.1, -0.05) is 30.3 Å². The van der Waals surface area contributed by atoms with Crippen LogP contribution < -0.4 is 0 Å². The van der Waals surface area contributed by atoms with Gasteiger partial charge in [-0.3, -0.25) is 9.98 Å². The van der Waals surface area contributed by atoms with Crippen LogP contribution in [0.3, 0.4) is 0 Å². The van der Waals surface area contributed by atoms with E-state index in [0.717, 1.165) is 35.0 Å². The molecular formula is C20H17FN2. The van der Waals surface area contributed by atoms with Gasteiger partial charge in [0.05, 0.1) is 11.2 Å². The average molecular weight is 304 g/mol. The SMILES string of the molecule is Fc1cccc(C=Nc2c3c(nc4ccccc24)CCCC3)c1. The number of hydrogen-bond donors (Lipinski definition) is 0. The van der Waals surface area contributed by atoms with E-state index in [2.05, 4.69) is 6.07 Å². The Hall–Kier alpha value is -2.55. The Morgan fingerprint density at radius 3 is 2.78 bits per heavy atom. The second-order valence-electron chi connectivity index (χ2n) is 5.92. The van der Waals surface area contributed by atoms with Crippen molar-refractivity contribution in [3.63, 3.8) is 0 Å². The van der Waals surface area contributed by atoms with E-state index in [-0.39, 0.29) is 5.82 Å². The summed E-state index contributed by atoms with van der Waals surface area (Å²) in [6, 6.07) is 14.6. The fourth-order valence-corrected chi connectivity index (χ4v) is 3.22. The van der Waals surface area contributed by atoms with Crippen LogP contribution in [0.2, 0.25) is 0 Å². The number of rotatable bonds is 2. The maximum absolute atomic E-state index is 13.3. The molecule has 3 heteroatoms. The molecule has 2 nitrogen and oxygen atoms in total. The van der Waals surface area contributed by atoms with Gasteiger partial charge in [0.2, 0.25) is 0 Å². The fraction of sp³-hybridized carbons (Fsp3) is 0.200. The average Bonchev–Trinajstić information content (AvgIpc) is 2.58. The molecule has 23 heavy (non-hydrogen) atoms. The van der Waals surface area contributed by atoms with Crippen molar-refractivity contribution in [1.82, 2.24) is 4.98 Å². The van der Waals surface area contributed by atoms with Gasteiger partial charge in [0.1, 0.15) is 5.82 Å². The summed E-state index contributed by atoms with van der Waals surface area (Å²) in [5, 5.41) is 1.07. The van der Waals surface area contributed by atoms with E-state index in [9.17, 15) is 4.39 Å². The highest BCUT2D eigenvalue weighted by molar-refractivity contribution is 5.95. The highest BCUT2D eigenvalue weighted by atomic mass is 19.1. The van der Waals surface area contributed by atoms with Crippen molar-refractivity contribution in [3.8, 4) is 0 Å². The zero-order valence-electron chi connectivity index (χ0n) is 12.8. The maximum atomic E-state index is 13.3. The summed E-state index contributed by atoms with van der Waals surface area (Å²) in [7, 11) is 0. The van der Waals surface area contributed by atoms with Crippen molar-refractivity contribution in [2.45, 2.75) is 25.7 Å². The molecule has 1 aliphatic rings. The molecule has 0 aliphatic heterocycles. The molecule has 0 fully saturated rings. The molecule has 114 valence electrons. The Kier molecular flexibility index (Phi) is 3.62. The zero-order valence-corrected chi connectivity index (χ0v) is 12.8. The number of hydrogen-bond acceptors (Lipinski definition) is 2. The van der Waals surface area contributed by atoms with Crippen molar-refractivity contribution >= 4 is 22.8 Å². The molecule has 0 amide bonds. The molecular weight excluding hydrogens is 287 g/mol. The summed E-state index contributed by atoms with van der Waals surface area (Å²) in [5.74, 6) is -0.240. The highest BCUT2D eigenvalue weighted by Gasteiger charge is 2.17. The normalized spacial score (nSPS) is 14.3. The van der Waals surface area contributed by atoms with Crippen molar-refractivity contribution in [1.29, 1.82) is 0 Å². The molecule has 4 rings (SSSR count). The zero-order chi connectivity index (χ0) is 15.6. The fourth-order valence-electron chi connectivity index (χ4n) is 3.22. The van der Waals surface area contributed by atoms with Gasteiger partial charge in [-0.2, -0.15) is 0 Å². The molecule has 0 N–H and O–H groups in total. The van der Waals surface area contributed by atoms with E-state index in [1.165, 1.54) is 36.2 Å². The van der Waals surface area contributed by atoms with Crippen molar-refractivity contribution in [2.75, 3.05) is 0 Å². The van der Waals surface area contributed by atoms with Crippen LogP contribution in [0.5, 0.6) is 0 Å². The summed E-state index contributed by atoms with van der Waals surface area (Å²) < 4.78 is 13.3. The third kappa shape index (κ3) is 2.74. The number of aromatic nitrogens is 1. The van der Waals surface area contributed by atoms with Gasteiger partial charge in [0.25, 0.3) is 0 Å². The lowest BCUT2D eigenvalue weighted by Crippen LogP contribution is -2.06. The molecule has 0 saturated heterocycles. The van der Waals surface area contributed by atoms with Crippen molar-refractivity contribution < 1.29 is 4.39 Å². The molecule has 0 spiro atoms. The lowest BCUT2D eigenvalue weighted by atomic mass is 9.93. The molecule has 1 aromatic heterocycles. The molecule has 3 aromatic rings. The molecule has 0 radical (unpaired) electrons. The minimum Gasteiger partial charge on any atom is -0.255 e. The lowest BCUT2D eigenvalue weighted by molar-refractivity contribution is 0.627.